The molecule has 0 aliphatic carbocycles. The molecule has 0 aliphatic heterocycles. The van der Waals surface area contributed by atoms with Gasteiger partial charge >= 0.3 is 6.18 Å². The van der Waals surface area contributed by atoms with E-state index in [1.165, 1.54) is 0 Å². The van der Waals surface area contributed by atoms with Crippen molar-refractivity contribution in [3.05, 3.63) is 34.9 Å². The van der Waals surface area contributed by atoms with Gasteiger partial charge in [0.1, 0.15) is 5.92 Å². The lowest BCUT2D eigenvalue weighted by molar-refractivity contribution is -0.150. The average Bonchev–Trinajstić information content (AvgIpc) is 2.34. The van der Waals surface area contributed by atoms with E-state index in [0.29, 0.717) is 10.8 Å². The molecule has 0 aliphatic rings. The van der Waals surface area contributed by atoms with Gasteiger partial charge < -0.3 is 10.9 Å². The van der Waals surface area contributed by atoms with Crippen molar-refractivity contribution >= 4 is 29.2 Å². The molecule has 1 aromatic carbocycles. The van der Waals surface area contributed by atoms with Crippen molar-refractivity contribution in [2.75, 3.05) is 5.75 Å². The summed E-state index contributed by atoms with van der Waals surface area (Å²) in [7, 11) is 0. The summed E-state index contributed by atoms with van der Waals surface area (Å²) in [5.74, 6) is -2.81. The maximum Gasteiger partial charge on any atom is 0.399 e. The fourth-order valence-corrected chi connectivity index (χ4v) is 2.79. The van der Waals surface area contributed by atoms with Crippen molar-refractivity contribution in [3.8, 4) is 0 Å². The highest BCUT2D eigenvalue weighted by atomic mass is 35.5. The summed E-state index contributed by atoms with van der Waals surface area (Å²) >= 11 is 6.92. The molecule has 8 heteroatoms. The third kappa shape index (κ3) is 4.83. The van der Waals surface area contributed by atoms with Crippen LogP contribution in [0.3, 0.4) is 0 Å². The molecule has 3 N–H and O–H groups in total. The second-order valence-electron chi connectivity index (χ2n) is 3.73. The summed E-state index contributed by atoms with van der Waals surface area (Å²) in [6.07, 6.45) is -4.54. The minimum absolute atomic E-state index is 0.324. The number of nitrogens with two attached hydrogens (primary N) is 1. The number of oxime groups is 1. The van der Waals surface area contributed by atoms with Crippen molar-refractivity contribution in [1.82, 2.24) is 0 Å². The number of halogens is 4. The molecule has 0 amide bonds. The Morgan fingerprint density at radius 3 is 2.58 bits per heavy atom. The minimum atomic E-state index is -4.54. The molecule has 1 aromatic rings. The molecular formula is C11H12ClF3N2OS. The van der Waals surface area contributed by atoms with Crippen LogP contribution in [0.1, 0.15) is 5.56 Å². The van der Waals surface area contributed by atoms with Gasteiger partial charge in [-0.15, -0.1) is 0 Å². The van der Waals surface area contributed by atoms with E-state index in [-0.39, 0.29) is 5.75 Å². The third-order valence-corrected chi connectivity index (χ3v) is 3.82. The number of alkyl halides is 3. The van der Waals surface area contributed by atoms with Crippen molar-refractivity contribution < 1.29 is 18.4 Å². The quantitative estimate of drug-likeness (QED) is 0.379. The Bertz CT molecular complexity index is 454. The van der Waals surface area contributed by atoms with Gasteiger partial charge in [0.25, 0.3) is 0 Å². The van der Waals surface area contributed by atoms with E-state index in [9.17, 15) is 13.2 Å². The monoisotopic (exact) mass is 312 g/mol. The van der Waals surface area contributed by atoms with E-state index < -0.39 is 17.9 Å². The van der Waals surface area contributed by atoms with Crippen LogP contribution in [0.4, 0.5) is 13.2 Å². The largest absolute Gasteiger partial charge is 0.409 e. The van der Waals surface area contributed by atoms with Crippen LogP contribution in [-0.4, -0.2) is 23.0 Å². The van der Waals surface area contributed by atoms with Gasteiger partial charge in [-0.3, -0.25) is 0 Å². The zero-order valence-corrected chi connectivity index (χ0v) is 11.3. The summed E-state index contributed by atoms with van der Waals surface area (Å²) in [4.78, 5) is 0. The first-order valence-corrected chi connectivity index (χ1v) is 6.74. The van der Waals surface area contributed by atoms with E-state index in [2.05, 4.69) is 5.16 Å². The van der Waals surface area contributed by atoms with Gasteiger partial charge in [-0.2, -0.15) is 24.9 Å². The predicted molar refractivity (Wildman–Crippen MR) is 70.6 cm³/mol. The maximum atomic E-state index is 12.7. The van der Waals surface area contributed by atoms with Gasteiger partial charge in [-0.05, 0) is 11.6 Å². The molecule has 0 spiro atoms. The standard InChI is InChI=1S/C11H12ClF3N2OS/c12-9-4-2-1-3-7(9)5-19-6-8(10(16)17-18)11(13,14)15/h1-4,8,18H,5-6H2,(H2,16,17). The normalized spacial score (nSPS) is 14.4. The van der Waals surface area contributed by atoms with Crippen molar-refractivity contribution in [2.24, 2.45) is 16.8 Å². The molecule has 0 fully saturated rings. The lowest BCUT2D eigenvalue weighted by Crippen LogP contribution is -2.37. The Balaban J connectivity index is 2.61. The Morgan fingerprint density at radius 1 is 1.42 bits per heavy atom. The highest BCUT2D eigenvalue weighted by molar-refractivity contribution is 7.98. The first kappa shape index (κ1) is 16.0. The number of thioether (sulfide) groups is 1. The van der Waals surface area contributed by atoms with Crippen LogP contribution < -0.4 is 5.73 Å². The summed E-state index contributed by atoms with van der Waals surface area (Å²) in [6, 6.07) is 6.90. The molecule has 0 saturated heterocycles. The van der Waals surface area contributed by atoms with Crippen LogP contribution in [0.2, 0.25) is 5.02 Å². The van der Waals surface area contributed by atoms with Crippen LogP contribution in [0, 0.1) is 5.92 Å². The smallest absolute Gasteiger partial charge is 0.399 e. The van der Waals surface area contributed by atoms with E-state index in [0.717, 1.165) is 17.3 Å². The second kappa shape index (κ2) is 6.91. The fourth-order valence-electron chi connectivity index (χ4n) is 1.32. The molecule has 106 valence electrons. The summed E-state index contributed by atoms with van der Waals surface area (Å²) < 4.78 is 38.0. The fraction of sp³-hybridized carbons (Fsp3) is 0.364. The van der Waals surface area contributed by atoms with Crippen LogP contribution >= 0.6 is 23.4 Å². The molecule has 1 atom stereocenters. The summed E-state index contributed by atoms with van der Waals surface area (Å²) in [5, 5.41) is 11.3. The number of benzene rings is 1. The Morgan fingerprint density at radius 2 is 2.05 bits per heavy atom. The first-order valence-electron chi connectivity index (χ1n) is 5.21. The molecule has 0 aromatic heterocycles. The number of rotatable bonds is 5. The van der Waals surface area contributed by atoms with Gasteiger partial charge in [0, 0.05) is 16.5 Å². The Hall–Kier alpha value is -1.08. The lowest BCUT2D eigenvalue weighted by Gasteiger charge is -2.18. The van der Waals surface area contributed by atoms with Crippen LogP contribution in [0.15, 0.2) is 29.4 Å². The molecule has 0 heterocycles. The molecule has 0 bridgehead atoms. The van der Waals surface area contributed by atoms with E-state index in [4.69, 9.17) is 22.5 Å². The van der Waals surface area contributed by atoms with Gasteiger partial charge in [-0.1, -0.05) is 35.0 Å². The third-order valence-electron chi connectivity index (χ3n) is 2.37. The molecule has 1 rings (SSSR count). The molecular weight excluding hydrogens is 301 g/mol. The number of nitrogens with zero attached hydrogens (tertiary/aromatic N) is 1. The summed E-state index contributed by atoms with van der Waals surface area (Å²) in [6.45, 7) is 0. The highest BCUT2D eigenvalue weighted by Crippen LogP contribution is 2.31. The Labute approximate surface area is 117 Å². The van der Waals surface area contributed by atoms with Crippen molar-refractivity contribution in [3.63, 3.8) is 0 Å². The van der Waals surface area contributed by atoms with E-state index in [1.807, 2.05) is 0 Å². The van der Waals surface area contributed by atoms with E-state index >= 15 is 0 Å². The minimum Gasteiger partial charge on any atom is -0.409 e. The molecule has 0 radical (unpaired) electrons. The van der Waals surface area contributed by atoms with Crippen LogP contribution in [0.5, 0.6) is 0 Å². The zero-order valence-electron chi connectivity index (χ0n) is 9.69. The van der Waals surface area contributed by atoms with Gasteiger partial charge in [0.15, 0.2) is 5.84 Å². The molecule has 3 nitrogen and oxygen atoms in total. The van der Waals surface area contributed by atoms with Crippen molar-refractivity contribution in [2.45, 2.75) is 11.9 Å². The lowest BCUT2D eigenvalue weighted by atomic mass is 10.1. The van der Waals surface area contributed by atoms with Gasteiger partial charge in [0.2, 0.25) is 0 Å². The first-order chi connectivity index (χ1) is 8.86. The zero-order chi connectivity index (χ0) is 14.5. The van der Waals surface area contributed by atoms with Gasteiger partial charge in [0.05, 0.1) is 0 Å². The van der Waals surface area contributed by atoms with Crippen molar-refractivity contribution in [1.29, 1.82) is 0 Å². The average molecular weight is 313 g/mol. The number of amidine groups is 1. The van der Waals surface area contributed by atoms with Crippen LogP contribution in [-0.2, 0) is 5.75 Å². The molecule has 0 saturated carbocycles. The van der Waals surface area contributed by atoms with Crippen LogP contribution in [0.25, 0.3) is 0 Å². The topological polar surface area (TPSA) is 58.6 Å². The highest BCUT2D eigenvalue weighted by Gasteiger charge is 2.42. The second-order valence-corrected chi connectivity index (χ2v) is 5.16. The van der Waals surface area contributed by atoms with E-state index in [1.54, 1.807) is 24.3 Å². The Kier molecular flexibility index (Phi) is 5.81. The maximum absolute atomic E-state index is 12.7. The molecule has 19 heavy (non-hydrogen) atoms. The summed E-state index contributed by atoms with van der Waals surface area (Å²) in [5.41, 5.74) is 5.80. The van der Waals surface area contributed by atoms with Gasteiger partial charge in [-0.25, -0.2) is 0 Å². The number of hydrogen-bond acceptors (Lipinski definition) is 3. The number of hydrogen-bond donors (Lipinski definition) is 2. The SMILES string of the molecule is N/C(=N/O)C(CSCc1ccccc1Cl)C(F)(F)F. The predicted octanol–water partition coefficient (Wildman–Crippen LogP) is 3.50. The molecule has 1 unspecified atom stereocenters.